The second-order valence-electron chi connectivity index (χ2n) is 2.29. The number of hydrogen-bond acceptors (Lipinski definition) is 2. The van der Waals surface area contributed by atoms with Crippen molar-refractivity contribution in [2.75, 3.05) is 0 Å². The van der Waals surface area contributed by atoms with E-state index in [1.807, 2.05) is 12.1 Å². The van der Waals surface area contributed by atoms with E-state index in [1.165, 1.54) is 6.08 Å². The van der Waals surface area contributed by atoms with E-state index >= 15 is 0 Å². The van der Waals surface area contributed by atoms with Crippen LogP contribution in [0.25, 0.3) is 6.08 Å². The van der Waals surface area contributed by atoms with E-state index in [1.54, 1.807) is 24.4 Å². The molecule has 1 rings (SSSR count). The predicted octanol–water partition coefficient (Wildman–Crippen LogP) is 2.50. The highest BCUT2D eigenvalue weighted by atomic mass is 35.5. The number of carbonyl (C=O) groups is 1. The van der Waals surface area contributed by atoms with Crippen LogP contribution in [0.3, 0.4) is 0 Å². The molecule has 2 nitrogen and oxygen atoms in total. The van der Waals surface area contributed by atoms with Crippen LogP contribution in [0.2, 0.25) is 5.15 Å². The molecule has 0 aliphatic carbocycles. The Morgan fingerprint density at radius 3 is 2.69 bits per heavy atom. The smallest absolute Gasteiger partial charge is 0.142 e. The summed E-state index contributed by atoms with van der Waals surface area (Å²) in [6.45, 7) is 0. The van der Waals surface area contributed by atoms with Gasteiger partial charge in [-0.15, -0.1) is 0 Å². The fourth-order valence-electron chi connectivity index (χ4n) is 0.762. The molecule has 0 atom stereocenters. The molecule has 1 aromatic heterocycles. The molecule has 66 valence electrons. The minimum Gasteiger partial charge on any atom is -0.299 e. The number of aromatic nitrogens is 1. The van der Waals surface area contributed by atoms with Crippen molar-refractivity contribution in [3.63, 3.8) is 0 Å². The minimum absolute atomic E-state index is 0.473. The number of carbonyl (C=O) groups excluding carboxylic acids is 1. The molecule has 0 fully saturated rings. The van der Waals surface area contributed by atoms with Crippen LogP contribution >= 0.6 is 11.6 Å². The second-order valence-corrected chi connectivity index (χ2v) is 2.68. The maximum absolute atomic E-state index is 9.91. The number of hydrogen-bond donors (Lipinski definition) is 0. The first-order valence-electron chi connectivity index (χ1n) is 3.73. The lowest BCUT2D eigenvalue weighted by atomic mass is 10.2. The molecule has 0 aliphatic heterocycles. The van der Waals surface area contributed by atoms with Gasteiger partial charge in [-0.25, -0.2) is 4.98 Å². The van der Waals surface area contributed by atoms with E-state index < -0.39 is 0 Å². The summed E-state index contributed by atoms with van der Waals surface area (Å²) in [6.07, 6.45) is 9.06. The third kappa shape index (κ3) is 3.67. The van der Waals surface area contributed by atoms with Crippen LogP contribution in [-0.2, 0) is 4.79 Å². The molecule has 0 radical (unpaired) electrons. The molecule has 13 heavy (non-hydrogen) atoms. The summed E-state index contributed by atoms with van der Waals surface area (Å²) in [7, 11) is 0. The fourth-order valence-corrected chi connectivity index (χ4v) is 0.874. The molecule has 0 amide bonds. The van der Waals surface area contributed by atoms with E-state index in [0.29, 0.717) is 5.15 Å². The van der Waals surface area contributed by atoms with Crippen LogP contribution in [0.15, 0.2) is 36.6 Å². The average molecular weight is 194 g/mol. The summed E-state index contributed by atoms with van der Waals surface area (Å²) in [5.74, 6) is 0. The molecular weight excluding hydrogens is 186 g/mol. The number of halogens is 1. The molecule has 1 heterocycles. The molecule has 1 aromatic rings. The number of rotatable bonds is 3. The molecule has 0 saturated carbocycles. The van der Waals surface area contributed by atoms with Gasteiger partial charge in [0.05, 0.1) is 0 Å². The molecular formula is C10H8ClNO. The predicted molar refractivity (Wildman–Crippen MR) is 53.5 cm³/mol. The van der Waals surface area contributed by atoms with Gasteiger partial charge in [0.25, 0.3) is 0 Å². The van der Waals surface area contributed by atoms with Crippen molar-refractivity contribution in [2.45, 2.75) is 0 Å². The van der Waals surface area contributed by atoms with Crippen molar-refractivity contribution < 1.29 is 4.79 Å². The largest absolute Gasteiger partial charge is 0.299 e. The first kappa shape index (κ1) is 9.68. The summed E-state index contributed by atoms with van der Waals surface area (Å²) >= 11 is 5.60. The van der Waals surface area contributed by atoms with Crippen LogP contribution < -0.4 is 0 Å². The zero-order valence-electron chi connectivity index (χ0n) is 6.85. The van der Waals surface area contributed by atoms with Crippen molar-refractivity contribution in [1.29, 1.82) is 0 Å². The van der Waals surface area contributed by atoms with Gasteiger partial charge in [0, 0.05) is 6.20 Å². The highest BCUT2D eigenvalue weighted by molar-refractivity contribution is 6.29. The summed E-state index contributed by atoms with van der Waals surface area (Å²) < 4.78 is 0. The third-order valence-corrected chi connectivity index (χ3v) is 1.56. The lowest BCUT2D eigenvalue weighted by Gasteiger charge is -1.90. The molecule has 0 bridgehead atoms. The van der Waals surface area contributed by atoms with Crippen LogP contribution in [0, 0.1) is 0 Å². The SMILES string of the molecule is O=CC=CC=Cc1ccc(Cl)nc1. The summed E-state index contributed by atoms with van der Waals surface area (Å²) in [5, 5.41) is 0.473. The quantitative estimate of drug-likeness (QED) is 0.320. The zero-order valence-corrected chi connectivity index (χ0v) is 7.61. The van der Waals surface area contributed by atoms with E-state index in [-0.39, 0.29) is 0 Å². The first-order chi connectivity index (χ1) is 6.33. The maximum atomic E-state index is 9.91. The third-order valence-electron chi connectivity index (χ3n) is 1.34. The minimum atomic E-state index is 0.473. The van der Waals surface area contributed by atoms with Crippen LogP contribution in [0.4, 0.5) is 0 Å². The number of pyridine rings is 1. The Labute approximate surface area is 81.6 Å². The topological polar surface area (TPSA) is 30.0 Å². The molecule has 3 heteroatoms. The Kier molecular flexibility index (Phi) is 3.93. The molecule has 0 saturated heterocycles. The van der Waals surface area contributed by atoms with Gasteiger partial charge in [-0.05, 0) is 17.7 Å². The zero-order chi connectivity index (χ0) is 9.52. The summed E-state index contributed by atoms with van der Waals surface area (Å²) in [5.41, 5.74) is 0.944. The van der Waals surface area contributed by atoms with E-state index in [4.69, 9.17) is 11.6 Å². The van der Waals surface area contributed by atoms with Gasteiger partial charge >= 0.3 is 0 Å². The average Bonchev–Trinajstić information content (AvgIpc) is 2.15. The Bertz CT molecular complexity index is 327. The highest BCUT2D eigenvalue weighted by Gasteiger charge is 1.86. The number of nitrogens with zero attached hydrogens (tertiary/aromatic N) is 1. The van der Waals surface area contributed by atoms with Crippen LogP contribution in [0.1, 0.15) is 5.56 Å². The molecule has 0 unspecified atom stereocenters. The summed E-state index contributed by atoms with van der Waals surface area (Å²) in [4.78, 5) is 13.8. The summed E-state index contributed by atoms with van der Waals surface area (Å²) in [6, 6.07) is 3.56. The fraction of sp³-hybridized carbons (Fsp3) is 0. The van der Waals surface area contributed by atoms with Gasteiger partial charge in [0.2, 0.25) is 0 Å². The van der Waals surface area contributed by atoms with Gasteiger partial charge < -0.3 is 0 Å². The van der Waals surface area contributed by atoms with Gasteiger partial charge in [0.15, 0.2) is 0 Å². The molecule has 0 aliphatic rings. The Morgan fingerprint density at radius 1 is 1.23 bits per heavy atom. The van der Waals surface area contributed by atoms with Crippen molar-refractivity contribution >= 4 is 24.0 Å². The monoisotopic (exact) mass is 193 g/mol. The lowest BCUT2D eigenvalue weighted by Crippen LogP contribution is -1.75. The van der Waals surface area contributed by atoms with Crippen molar-refractivity contribution in [3.05, 3.63) is 47.3 Å². The van der Waals surface area contributed by atoms with Gasteiger partial charge in [-0.2, -0.15) is 0 Å². The van der Waals surface area contributed by atoms with E-state index in [0.717, 1.165) is 11.8 Å². The molecule has 0 N–H and O–H groups in total. The highest BCUT2D eigenvalue weighted by Crippen LogP contribution is 2.06. The van der Waals surface area contributed by atoms with Crippen LogP contribution in [0.5, 0.6) is 0 Å². The van der Waals surface area contributed by atoms with Gasteiger partial charge in [-0.3, -0.25) is 4.79 Å². The Morgan fingerprint density at radius 2 is 2.08 bits per heavy atom. The standard InChI is InChI=1S/C10H8ClNO/c11-10-6-5-9(8-12-10)4-2-1-3-7-13/h1-8H. The number of aldehydes is 1. The normalized spacial score (nSPS) is 11.2. The van der Waals surface area contributed by atoms with Gasteiger partial charge in [0.1, 0.15) is 11.4 Å². The van der Waals surface area contributed by atoms with Crippen molar-refractivity contribution in [1.82, 2.24) is 4.98 Å². The Balaban J connectivity index is 2.64. The van der Waals surface area contributed by atoms with Crippen molar-refractivity contribution in [3.8, 4) is 0 Å². The molecule has 0 spiro atoms. The van der Waals surface area contributed by atoms with E-state index in [2.05, 4.69) is 4.98 Å². The van der Waals surface area contributed by atoms with Crippen LogP contribution in [-0.4, -0.2) is 11.3 Å². The van der Waals surface area contributed by atoms with Gasteiger partial charge in [-0.1, -0.05) is 35.9 Å². The van der Waals surface area contributed by atoms with Crippen molar-refractivity contribution in [2.24, 2.45) is 0 Å². The lowest BCUT2D eigenvalue weighted by molar-refractivity contribution is -0.104. The number of allylic oxidation sites excluding steroid dienone is 3. The Hall–Kier alpha value is -1.41. The van der Waals surface area contributed by atoms with E-state index in [9.17, 15) is 4.79 Å². The first-order valence-corrected chi connectivity index (χ1v) is 4.11. The second kappa shape index (κ2) is 5.27. The molecule has 0 aromatic carbocycles. The maximum Gasteiger partial charge on any atom is 0.142 e.